The van der Waals surface area contributed by atoms with Crippen molar-refractivity contribution in [1.82, 2.24) is 9.62 Å². The molecule has 1 aromatic carbocycles. The second-order valence-electron chi connectivity index (χ2n) is 6.57. The normalized spacial score (nSPS) is 17.2. The summed E-state index contributed by atoms with van der Waals surface area (Å²) in [5, 5.41) is 0. The van der Waals surface area contributed by atoms with Crippen molar-refractivity contribution in [3.63, 3.8) is 0 Å². The van der Waals surface area contributed by atoms with Crippen LogP contribution in [0.25, 0.3) is 0 Å². The number of alkyl halides is 1. The molecule has 0 amide bonds. The number of sulfonamides is 1. The zero-order valence-electron chi connectivity index (χ0n) is 14.5. The Morgan fingerprint density at radius 2 is 1.88 bits per heavy atom. The minimum absolute atomic E-state index is 0.348. The highest BCUT2D eigenvalue weighted by atomic mass is 35.5. The molecule has 1 aliphatic heterocycles. The second-order valence-corrected chi connectivity index (χ2v) is 8.72. The van der Waals surface area contributed by atoms with E-state index in [1.807, 2.05) is 12.1 Å². The van der Waals surface area contributed by atoms with Crippen molar-refractivity contribution in [2.75, 3.05) is 32.1 Å². The first-order valence-electron chi connectivity index (χ1n) is 8.92. The first-order valence-corrected chi connectivity index (χ1v) is 10.9. The summed E-state index contributed by atoms with van der Waals surface area (Å²) in [6.45, 7) is 6.04. The zero-order chi connectivity index (χ0) is 17.4. The van der Waals surface area contributed by atoms with E-state index in [2.05, 4.69) is 16.5 Å². The lowest BCUT2D eigenvalue weighted by atomic mass is 9.97. The third-order valence-electron chi connectivity index (χ3n) is 4.64. The molecule has 0 spiro atoms. The van der Waals surface area contributed by atoms with Crippen LogP contribution in [-0.2, 0) is 16.4 Å². The number of benzene rings is 1. The topological polar surface area (TPSA) is 49.4 Å². The fourth-order valence-electron chi connectivity index (χ4n) is 3.15. The van der Waals surface area contributed by atoms with Crippen LogP contribution in [0.1, 0.15) is 38.2 Å². The fourth-order valence-corrected chi connectivity index (χ4v) is 4.40. The predicted octanol–water partition coefficient (Wildman–Crippen LogP) is 3.26. The SMILES string of the molecule is CCCN1CCC(CNS(=O)(=O)c2ccc(CCCCl)cc2)CC1. The molecule has 0 atom stereocenters. The van der Waals surface area contributed by atoms with Crippen LogP contribution < -0.4 is 4.72 Å². The molecule has 1 heterocycles. The molecule has 0 bridgehead atoms. The highest BCUT2D eigenvalue weighted by Crippen LogP contribution is 2.18. The van der Waals surface area contributed by atoms with E-state index in [0.717, 1.165) is 50.9 Å². The van der Waals surface area contributed by atoms with Crippen molar-refractivity contribution < 1.29 is 8.42 Å². The van der Waals surface area contributed by atoms with Crippen LogP contribution in [0.15, 0.2) is 29.2 Å². The standard InChI is InChI=1S/C18H29ClN2O2S/c1-2-12-21-13-9-17(10-14-21)15-20-24(22,23)18-7-5-16(6-8-18)4-3-11-19/h5-8,17,20H,2-4,9-15H2,1H3. The largest absolute Gasteiger partial charge is 0.303 e. The Morgan fingerprint density at radius 1 is 1.21 bits per heavy atom. The summed E-state index contributed by atoms with van der Waals surface area (Å²) < 4.78 is 27.6. The van der Waals surface area contributed by atoms with Crippen LogP contribution in [0.3, 0.4) is 0 Å². The number of hydrogen-bond acceptors (Lipinski definition) is 3. The van der Waals surface area contributed by atoms with Gasteiger partial charge in [0.2, 0.25) is 10.0 Å². The van der Waals surface area contributed by atoms with Crippen molar-refractivity contribution in [3.8, 4) is 0 Å². The number of hydrogen-bond donors (Lipinski definition) is 1. The van der Waals surface area contributed by atoms with Gasteiger partial charge in [-0.05, 0) is 75.4 Å². The molecule has 136 valence electrons. The number of halogens is 1. The molecule has 24 heavy (non-hydrogen) atoms. The van der Waals surface area contributed by atoms with E-state index in [1.54, 1.807) is 12.1 Å². The van der Waals surface area contributed by atoms with Crippen molar-refractivity contribution in [1.29, 1.82) is 0 Å². The smallest absolute Gasteiger partial charge is 0.240 e. The molecule has 2 rings (SSSR count). The lowest BCUT2D eigenvalue weighted by molar-refractivity contribution is 0.186. The van der Waals surface area contributed by atoms with Gasteiger partial charge in [-0.2, -0.15) is 0 Å². The Labute approximate surface area is 151 Å². The van der Waals surface area contributed by atoms with Crippen molar-refractivity contribution in [2.24, 2.45) is 5.92 Å². The summed E-state index contributed by atoms with van der Waals surface area (Å²) >= 11 is 5.69. The lowest BCUT2D eigenvalue weighted by Gasteiger charge is -2.31. The molecule has 0 radical (unpaired) electrons. The van der Waals surface area contributed by atoms with Gasteiger partial charge >= 0.3 is 0 Å². The van der Waals surface area contributed by atoms with E-state index in [4.69, 9.17) is 11.6 Å². The molecule has 4 nitrogen and oxygen atoms in total. The van der Waals surface area contributed by atoms with Crippen LogP contribution in [0, 0.1) is 5.92 Å². The zero-order valence-corrected chi connectivity index (χ0v) is 16.1. The number of nitrogens with one attached hydrogen (secondary N) is 1. The maximum absolute atomic E-state index is 12.4. The van der Waals surface area contributed by atoms with Gasteiger partial charge in [0.15, 0.2) is 0 Å². The minimum atomic E-state index is -3.41. The number of rotatable bonds is 9. The van der Waals surface area contributed by atoms with Crippen LogP contribution in [0.5, 0.6) is 0 Å². The van der Waals surface area contributed by atoms with E-state index in [1.165, 1.54) is 6.42 Å². The van der Waals surface area contributed by atoms with E-state index in [9.17, 15) is 8.42 Å². The Hall–Kier alpha value is -0.620. The van der Waals surface area contributed by atoms with E-state index >= 15 is 0 Å². The van der Waals surface area contributed by atoms with Crippen LogP contribution >= 0.6 is 11.6 Å². The molecule has 1 saturated heterocycles. The third-order valence-corrected chi connectivity index (χ3v) is 6.35. The molecule has 1 N–H and O–H groups in total. The van der Waals surface area contributed by atoms with E-state index in [0.29, 0.717) is 23.2 Å². The van der Waals surface area contributed by atoms with Gasteiger partial charge in [0.25, 0.3) is 0 Å². The molecule has 0 aromatic heterocycles. The first kappa shape index (κ1) is 19.7. The molecule has 0 unspecified atom stereocenters. The fraction of sp³-hybridized carbons (Fsp3) is 0.667. The Kier molecular flexibility index (Phi) is 8.01. The van der Waals surface area contributed by atoms with Crippen molar-refractivity contribution >= 4 is 21.6 Å². The number of nitrogens with zero attached hydrogens (tertiary/aromatic N) is 1. The predicted molar refractivity (Wildman–Crippen MR) is 100 cm³/mol. The Bertz CT molecular complexity index is 582. The summed E-state index contributed by atoms with van der Waals surface area (Å²) in [5.74, 6) is 1.06. The highest BCUT2D eigenvalue weighted by molar-refractivity contribution is 7.89. The average Bonchev–Trinajstić information content (AvgIpc) is 2.60. The van der Waals surface area contributed by atoms with Crippen LogP contribution in [0.2, 0.25) is 0 Å². The monoisotopic (exact) mass is 372 g/mol. The van der Waals surface area contributed by atoms with Gasteiger partial charge in [0, 0.05) is 12.4 Å². The summed E-state index contributed by atoms with van der Waals surface area (Å²) in [7, 11) is -3.41. The quantitative estimate of drug-likeness (QED) is 0.677. The molecular formula is C18H29ClN2O2S. The molecular weight excluding hydrogens is 344 g/mol. The molecule has 1 fully saturated rings. The Balaban J connectivity index is 1.83. The van der Waals surface area contributed by atoms with Gasteiger partial charge in [-0.25, -0.2) is 13.1 Å². The second kappa shape index (κ2) is 9.76. The van der Waals surface area contributed by atoms with Crippen LogP contribution in [0.4, 0.5) is 0 Å². The Morgan fingerprint density at radius 3 is 2.46 bits per heavy atom. The van der Waals surface area contributed by atoms with Crippen LogP contribution in [-0.4, -0.2) is 45.4 Å². The van der Waals surface area contributed by atoms with Gasteiger partial charge in [-0.15, -0.1) is 11.6 Å². The molecule has 6 heteroatoms. The maximum atomic E-state index is 12.4. The van der Waals surface area contributed by atoms with Gasteiger partial charge in [-0.1, -0.05) is 19.1 Å². The minimum Gasteiger partial charge on any atom is -0.303 e. The number of piperidine rings is 1. The number of aryl methyl sites for hydroxylation is 1. The van der Waals surface area contributed by atoms with Gasteiger partial charge < -0.3 is 4.90 Å². The molecule has 1 aromatic rings. The molecule has 0 aliphatic carbocycles. The average molecular weight is 373 g/mol. The molecule has 1 aliphatic rings. The maximum Gasteiger partial charge on any atom is 0.240 e. The van der Waals surface area contributed by atoms with Gasteiger partial charge in [0.1, 0.15) is 0 Å². The highest BCUT2D eigenvalue weighted by Gasteiger charge is 2.21. The van der Waals surface area contributed by atoms with Crippen molar-refractivity contribution in [2.45, 2.75) is 43.9 Å². The first-order chi connectivity index (χ1) is 11.5. The van der Waals surface area contributed by atoms with E-state index in [-0.39, 0.29) is 0 Å². The molecule has 0 saturated carbocycles. The van der Waals surface area contributed by atoms with Gasteiger partial charge in [-0.3, -0.25) is 0 Å². The van der Waals surface area contributed by atoms with E-state index < -0.39 is 10.0 Å². The summed E-state index contributed by atoms with van der Waals surface area (Å²) in [4.78, 5) is 2.81. The lowest BCUT2D eigenvalue weighted by Crippen LogP contribution is -2.38. The summed E-state index contributed by atoms with van der Waals surface area (Å²) in [5.41, 5.74) is 1.12. The number of likely N-dealkylation sites (tertiary alicyclic amines) is 1. The van der Waals surface area contributed by atoms with Gasteiger partial charge in [0.05, 0.1) is 4.90 Å². The summed E-state index contributed by atoms with van der Waals surface area (Å²) in [6, 6.07) is 7.14. The summed E-state index contributed by atoms with van der Waals surface area (Å²) in [6.07, 6.45) is 5.11. The third kappa shape index (κ3) is 6.03. The van der Waals surface area contributed by atoms with Crippen molar-refractivity contribution in [3.05, 3.63) is 29.8 Å².